The Morgan fingerprint density at radius 1 is 1.19 bits per heavy atom. The zero-order valence-corrected chi connectivity index (χ0v) is 15.0. The fraction of sp³-hybridized carbons (Fsp3) is 0.500. The largest absolute Gasteiger partial charge is 0.481 e. The van der Waals surface area contributed by atoms with Crippen LogP contribution in [-0.4, -0.2) is 72.2 Å². The van der Waals surface area contributed by atoms with E-state index in [0.717, 1.165) is 6.07 Å². The zero-order chi connectivity index (χ0) is 19.6. The van der Waals surface area contributed by atoms with Crippen LogP contribution in [0.3, 0.4) is 0 Å². The van der Waals surface area contributed by atoms with E-state index in [-0.39, 0.29) is 17.8 Å². The third-order valence-electron chi connectivity index (χ3n) is 5.03. The van der Waals surface area contributed by atoms with E-state index >= 15 is 0 Å². The fourth-order valence-corrected chi connectivity index (χ4v) is 3.21. The highest BCUT2D eigenvalue weighted by molar-refractivity contribution is 5.96. The number of hydrogen-bond donors (Lipinski definition) is 2. The summed E-state index contributed by atoms with van der Waals surface area (Å²) in [5.41, 5.74) is -0.828. The topological polar surface area (TPSA) is 99.2 Å². The number of carbonyl (C=O) groups is 3. The molecule has 27 heavy (non-hydrogen) atoms. The molecule has 0 aromatic heterocycles. The first-order valence-corrected chi connectivity index (χ1v) is 8.76. The number of likely N-dealkylation sites (tertiary alicyclic amines) is 1. The predicted molar refractivity (Wildman–Crippen MR) is 94.1 cm³/mol. The molecule has 0 saturated carbocycles. The standard InChI is InChI=1S/C18H22FN3O5/c1-18(16(24)25)4-5-22(11-18)17(26)20-12-2-3-13(14(19)10-12)15(23)21-6-8-27-9-7-21/h2-3,10H,4-9,11H2,1H3,(H,20,26)(H,24,25). The number of carbonyl (C=O) groups excluding carboxylic acids is 2. The Bertz CT molecular complexity index is 765. The minimum atomic E-state index is -0.975. The van der Waals surface area contributed by atoms with Crippen LogP contribution in [0.4, 0.5) is 14.9 Å². The monoisotopic (exact) mass is 379 g/mol. The number of nitrogens with zero attached hydrogens (tertiary/aromatic N) is 2. The Morgan fingerprint density at radius 3 is 2.48 bits per heavy atom. The van der Waals surface area contributed by atoms with Crippen molar-refractivity contribution >= 4 is 23.6 Å². The maximum Gasteiger partial charge on any atom is 0.321 e. The molecular formula is C18H22FN3O5. The molecule has 8 nitrogen and oxygen atoms in total. The number of halogens is 1. The SMILES string of the molecule is CC1(C(=O)O)CCN(C(=O)Nc2ccc(C(=O)N3CCOCC3)c(F)c2)C1. The van der Waals surface area contributed by atoms with Gasteiger partial charge in [-0.1, -0.05) is 0 Å². The van der Waals surface area contributed by atoms with Gasteiger partial charge in [-0.05, 0) is 31.5 Å². The highest BCUT2D eigenvalue weighted by atomic mass is 19.1. The van der Waals surface area contributed by atoms with E-state index in [1.807, 2.05) is 0 Å². The Morgan fingerprint density at radius 2 is 1.89 bits per heavy atom. The summed E-state index contributed by atoms with van der Waals surface area (Å²) in [4.78, 5) is 38.9. The Balaban J connectivity index is 1.65. The summed E-state index contributed by atoms with van der Waals surface area (Å²) < 4.78 is 19.6. The third-order valence-corrected chi connectivity index (χ3v) is 5.03. The molecule has 146 valence electrons. The van der Waals surface area contributed by atoms with Crippen LogP contribution in [-0.2, 0) is 9.53 Å². The molecule has 2 aliphatic heterocycles. The quantitative estimate of drug-likeness (QED) is 0.832. The van der Waals surface area contributed by atoms with Gasteiger partial charge in [-0.2, -0.15) is 0 Å². The van der Waals surface area contributed by atoms with Gasteiger partial charge in [0.15, 0.2) is 0 Å². The minimum Gasteiger partial charge on any atom is -0.481 e. The molecule has 1 aromatic rings. The summed E-state index contributed by atoms with van der Waals surface area (Å²) >= 11 is 0. The van der Waals surface area contributed by atoms with Crippen molar-refractivity contribution in [1.82, 2.24) is 9.80 Å². The van der Waals surface area contributed by atoms with Crippen LogP contribution in [0.15, 0.2) is 18.2 Å². The van der Waals surface area contributed by atoms with Gasteiger partial charge in [0.2, 0.25) is 0 Å². The van der Waals surface area contributed by atoms with Gasteiger partial charge in [-0.25, -0.2) is 9.18 Å². The van der Waals surface area contributed by atoms with Crippen molar-refractivity contribution in [1.29, 1.82) is 0 Å². The molecule has 1 unspecified atom stereocenters. The second-order valence-electron chi connectivity index (χ2n) is 7.07. The van der Waals surface area contributed by atoms with Crippen LogP contribution < -0.4 is 5.32 Å². The van der Waals surface area contributed by atoms with Gasteiger partial charge in [0.1, 0.15) is 5.82 Å². The van der Waals surface area contributed by atoms with Gasteiger partial charge in [-0.3, -0.25) is 9.59 Å². The Labute approximate surface area is 155 Å². The second-order valence-corrected chi connectivity index (χ2v) is 7.07. The van der Waals surface area contributed by atoms with Crippen molar-refractivity contribution < 1.29 is 28.6 Å². The number of nitrogens with one attached hydrogen (secondary N) is 1. The molecule has 2 fully saturated rings. The van der Waals surface area contributed by atoms with Gasteiger partial charge < -0.3 is 25.0 Å². The Hall–Kier alpha value is -2.68. The van der Waals surface area contributed by atoms with Crippen molar-refractivity contribution in [3.8, 4) is 0 Å². The Kier molecular flexibility index (Phi) is 5.31. The van der Waals surface area contributed by atoms with Crippen LogP contribution in [0, 0.1) is 11.2 Å². The second kappa shape index (κ2) is 7.51. The molecule has 2 aliphatic rings. The van der Waals surface area contributed by atoms with Gasteiger partial charge >= 0.3 is 12.0 Å². The molecule has 0 radical (unpaired) electrons. The van der Waals surface area contributed by atoms with E-state index < -0.39 is 29.1 Å². The van der Waals surface area contributed by atoms with Gasteiger partial charge in [0.05, 0.1) is 24.2 Å². The van der Waals surface area contributed by atoms with E-state index in [1.165, 1.54) is 21.9 Å². The predicted octanol–water partition coefficient (Wildman–Crippen LogP) is 1.63. The summed E-state index contributed by atoms with van der Waals surface area (Å²) in [6.07, 6.45) is 0.358. The molecule has 3 rings (SSSR count). The van der Waals surface area contributed by atoms with Crippen molar-refractivity contribution in [2.45, 2.75) is 13.3 Å². The molecule has 0 bridgehead atoms. The number of ether oxygens (including phenoxy) is 1. The van der Waals surface area contributed by atoms with Crippen molar-refractivity contribution in [3.63, 3.8) is 0 Å². The average molecular weight is 379 g/mol. The summed E-state index contributed by atoms with van der Waals surface area (Å²) in [6.45, 7) is 3.66. The lowest BCUT2D eigenvalue weighted by Crippen LogP contribution is -2.41. The molecule has 0 spiro atoms. The third kappa shape index (κ3) is 4.02. The van der Waals surface area contributed by atoms with Gasteiger partial charge in [0.25, 0.3) is 5.91 Å². The van der Waals surface area contributed by atoms with Crippen LogP contribution in [0.2, 0.25) is 0 Å². The van der Waals surface area contributed by atoms with Crippen LogP contribution in [0.1, 0.15) is 23.7 Å². The summed E-state index contributed by atoms with van der Waals surface area (Å²) in [7, 11) is 0. The number of aliphatic carboxylic acids is 1. The number of carboxylic acids is 1. The summed E-state index contributed by atoms with van der Waals surface area (Å²) in [5, 5.41) is 11.8. The highest BCUT2D eigenvalue weighted by Crippen LogP contribution is 2.30. The number of benzene rings is 1. The first kappa shape index (κ1) is 19.1. The molecule has 2 saturated heterocycles. The normalized spacial score (nSPS) is 22.6. The number of morpholine rings is 1. The van der Waals surface area contributed by atoms with Crippen molar-refractivity contribution in [2.75, 3.05) is 44.7 Å². The lowest BCUT2D eigenvalue weighted by atomic mass is 9.90. The molecule has 3 amide bonds. The van der Waals surface area contributed by atoms with E-state index in [9.17, 15) is 23.9 Å². The number of urea groups is 1. The van der Waals surface area contributed by atoms with Crippen LogP contribution in [0.5, 0.6) is 0 Å². The van der Waals surface area contributed by atoms with Crippen molar-refractivity contribution in [2.24, 2.45) is 5.41 Å². The molecule has 2 N–H and O–H groups in total. The van der Waals surface area contributed by atoms with Crippen molar-refractivity contribution in [3.05, 3.63) is 29.6 Å². The number of carboxylic acid groups (broad SMARTS) is 1. The van der Waals surface area contributed by atoms with E-state index in [2.05, 4.69) is 5.32 Å². The first-order chi connectivity index (χ1) is 12.8. The highest BCUT2D eigenvalue weighted by Gasteiger charge is 2.42. The van der Waals surface area contributed by atoms with E-state index in [0.29, 0.717) is 39.3 Å². The smallest absolute Gasteiger partial charge is 0.321 e. The number of amides is 3. The molecule has 9 heteroatoms. The lowest BCUT2D eigenvalue weighted by Gasteiger charge is -2.27. The molecule has 1 atom stereocenters. The van der Waals surface area contributed by atoms with Crippen LogP contribution in [0.25, 0.3) is 0 Å². The molecule has 2 heterocycles. The van der Waals surface area contributed by atoms with E-state index in [4.69, 9.17) is 4.74 Å². The lowest BCUT2D eigenvalue weighted by molar-refractivity contribution is -0.146. The van der Waals surface area contributed by atoms with E-state index in [1.54, 1.807) is 6.92 Å². The molecular weight excluding hydrogens is 357 g/mol. The summed E-state index contributed by atoms with van der Waals surface area (Å²) in [5.74, 6) is -2.08. The number of anilines is 1. The minimum absolute atomic E-state index is 0.0606. The number of hydrogen-bond acceptors (Lipinski definition) is 4. The van der Waals surface area contributed by atoms with Crippen LogP contribution >= 0.6 is 0 Å². The first-order valence-electron chi connectivity index (χ1n) is 8.76. The zero-order valence-electron chi connectivity index (χ0n) is 15.0. The number of rotatable bonds is 3. The molecule has 0 aliphatic carbocycles. The average Bonchev–Trinajstić information content (AvgIpc) is 3.06. The molecule has 1 aromatic carbocycles. The summed E-state index contributed by atoms with van der Waals surface area (Å²) in [6, 6.07) is 3.40. The maximum absolute atomic E-state index is 14.4. The van der Waals surface area contributed by atoms with Gasteiger partial charge in [-0.15, -0.1) is 0 Å². The maximum atomic E-state index is 14.4. The van der Waals surface area contributed by atoms with Gasteiger partial charge in [0, 0.05) is 31.9 Å². The fourth-order valence-electron chi connectivity index (χ4n) is 3.21.